The molecule has 0 radical (unpaired) electrons. The van der Waals surface area contributed by atoms with Crippen molar-refractivity contribution in [2.75, 3.05) is 0 Å². The third-order valence-electron chi connectivity index (χ3n) is 0.867. The van der Waals surface area contributed by atoms with Crippen LogP contribution in [-0.2, 0) is 5.33 Å². The molecule has 0 atom stereocenters. The first-order valence-electron chi connectivity index (χ1n) is 2.18. The van der Waals surface area contributed by atoms with Crippen LogP contribution in [0.3, 0.4) is 0 Å². The number of alkyl halides is 1. The molecule has 44 valence electrons. The zero-order chi connectivity index (χ0) is 5.98. The van der Waals surface area contributed by atoms with Crippen LogP contribution in [0.15, 0.2) is 0 Å². The lowest BCUT2D eigenvalue weighted by atomic mass is 10.4. The van der Waals surface area contributed by atoms with Gasteiger partial charge < -0.3 is 0 Å². The minimum absolute atomic E-state index is 0.872. The van der Waals surface area contributed by atoms with E-state index in [4.69, 9.17) is 0 Å². The van der Waals surface area contributed by atoms with Gasteiger partial charge in [-0.2, -0.15) is 0 Å². The summed E-state index contributed by atoms with van der Waals surface area (Å²) in [5, 5.41) is 4.70. The molecule has 0 aliphatic rings. The highest BCUT2D eigenvalue weighted by Gasteiger charge is 1.97. The Labute approximate surface area is 60.2 Å². The molecule has 0 aliphatic heterocycles. The van der Waals surface area contributed by atoms with Crippen molar-refractivity contribution in [3.8, 4) is 0 Å². The molecule has 0 fully saturated rings. The summed E-state index contributed by atoms with van der Waals surface area (Å²) in [6, 6.07) is 0. The highest BCUT2D eigenvalue weighted by molar-refractivity contribution is 9.08. The predicted molar refractivity (Wildman–Crippen MR) is 37.3 cm³/mol. The molecule has 1 aromatic rings. The summed E-state index contributed by atoms with van der Waals surface area (Å²) in [5.41, 5.74) is 1.03. The Kier molecular flexibility index (Phi) is 1.96. The minimum Gasteiger partial charge on any atom is -0.143 e. The first-order chi connectivity index (χ1) is 3.84. The lowest BCUT2D eigenvalue weighted by Crippen LogP contribution is -1.74. The molecule has 8 heavy (non-hydrogen) atoms. The zero-order valence-corrected chi connectivity index (χ0v) is 6.79. The Bertz CT molecular complexity index is 174. The second-order valence-corrected chi connectivity index (χ2v) is 2.81. The van der Waals surface area contributed by atoms with Crippen molar-refractivity contribution >= 4 is 27.5 Å². The van der Waals surface area contributed by atoms with E-state index in [1.807, 2.05) is 6.92 Å². The van der Waals surface area contributed by atoms with Gasteiger partial charge in [0.25, 0.3) is 0 Å². The maximum absolute atomic E-state index is 3.83. The number of aromatic nitrogens is 2. The van der Waals surface area contributed by atoms with Crippen LogP contribution >= 0.6 is 27.5 Å². The number of hydrogen-bond acceptors (Lipinski definition) is 3. The van der Waals surface area contributed by atoms with Gasteiger partial charge in [-0.05, 0) is 18.5 Å². The Morgan fingerprint density at radius 2 is 2.50 bits per heavy atom. The highest BCUT2D eigenvalue weighted by Crippen LogP contribution is 2.11. The number of rotatable bonds is 1. The molecule has 1 rings (SSSR count). The van der Waals surface area contributed by atoms with Crippen LogP contribution in [0.4, 0.5) is 0 Å². The third-order valence-corrected chi connectivity index (χ3v) is 2.62. The van der Waals surface area contributed by atoms with Crippen molar-refractivity contribution in [3.63, 3.8) is 0 Å². The van der Waals surface area contributed by atoms with Crippen molar-refractivity contribution in [1.29, 1.82) is 0 Å². The fourth-order valence-electron chi connectivity index (χ4n) is 0.374. The molecule has 1 heterocycles. The first kappa shape index (κ1) is 6.16. The van der Waals surface area contributed by atoms with Gasteiger partial charge in [0, 0.05) is 5.33 Å². The average molecular weight is 193 g/mol. The van der Waals surface area contributed by atoms with Crippen LogP contribution < -0.4 is 0 Å². The van der Waals surface area contributed by atoms with Crippen molar-refractivity contribution in [2.45, 2.75) is 12.3 Å². The third kappa shape index (κ3) is 1.06. The van der Waals surface area contributed by atoms with Crippen LogP contribution in [-0.4, -0.2) is 9.59 Å². The maximum atomic E-state index is 3.83. The normalized spacial score (nSPS) is 9.75. The summed E-state index contributed by atoms with van der Waals surface area (Å²) >= 11 is 4.76. The lowest BCUT2D eigenvalue weighted by molar-refractivity contribution is 1.08. The minimum atomic E-state index is 0.872. The second-order valence-electron chi connectivity index (χ2n) is 1.42. The predicted octanol–water partition coefficient (Wildman–Crippen LogP) is 1.74. The molecular formula is C4H5BrN2S. The molecule has 0 aromatic carbocycles. The van der Waals surface area contributed by atoms with Crippen LogP contribution in [0.5, 0.6) is 0 Å². The maximum Gasteiger partial charge on any atom is 0.0765 e. The van der Waals surface area contributed by atoms with E-state index in [9.17, 15) is 0 Å². The highest BCUT2D eigenvalue weighted by atomic mass is 79.9. The smallest absolute Gasteiger partial charge is 0.0765 e. The number of hydrogen-bond donors (Lipinski definition) is 0. The van der Waals surface area contributed by atoms with Gasteiger partial charge in [-0.15, -0.1) is 5.10 Å². The molecule has 4 heteroatoms. The van der Waals surface area contributed by atoms with Gasteiger partial charge in [-0.25, -0.2) is 0 Å². The fraction of sp³-hybridized carbons (Fsp3) is 0.500. The van der Waals surface area contributed by atoms with E-state index in [-0.39, 0.29) is 0 Å². The topological polar surface area (TPSA) is 25.8 Å². The largest absolute Gasteiger partial charge is 0.143 e. The summed E-state index contributed by atoms with van der Waals surface area (Å²) in [6.07, 6.45) is 0. The average Bonchev–Trinajstić information content (AvgIpc) is 2.14. The molecule has 2 nitrogen and oxygen atoms in total. The monoisotopic (exact) mass is 192 g/mol. The van der Waals surface area contributed by atoms with Crippen molar-refractivity contribution < 1.29 is 0 Å². The summed E-state index contributed by atoms with van der Waals surface area (Å²) in [4.78, 5) is 1.21. The van der Waals surface area contributed by atoms with Gasteiger partial charge in [0.2, 0.25) is 0 Å². The standard InChI is InChI=1S/C4H5BrN2S/c1-3-4(2-5)8-7-6-3/h2H2,1H3. The van der Waals surface area contributed by atoms with Crippen molar-refractivity contribution in [1.82, 2.24) is 9.59 Å². The van der Waals surface area contributed by atoms with Gasteiger partial charge in [0.05, 0.1) is 10.6 Å². The molecule has 0 spiro atoms. The zero-order valence-electron chi connectivity index (χ0n) is 4.39. The number of aryl methyl sites for hydroxylation is 1. The molecule has 0 saturated carbocycles. The number of nitrogens with zero attached hydrogens (tertiary/aromatic N) is 2. The summed E-state index contributed by atoms with van der Waals surface area (Å²) in [6.45, 7) is 1.96. The molecule has 0 saturated heterocycles. The van der Waals surface area contributed by atoms with E-state index in [1.54, 1.807) is 0 Å². The fourth-order valence-corrected chi connectivity index (χ4v) is 1.57. The van der Waals surface area contributed by atoms with Crippen LogP contribution in [0, 0.1) is 6.92 Å². The van der Waals surface area contributed by atoms with Gasteiger partial charge in [-0.1, -0.05) is 20.4 Å². The summed E-state index contributed by atoms with van der Waals surface area (Å²) in [7, 11) is 0. The van der Waals surface area contributed by atoms with Gasteiger partial charge in [-0.3, -0.25) is 0 Å². The van der Waals surface area contributed by atoms with Gasteiger partial charge in [0.15, 0.2) is 0 Å². The van der Waals surface area contributed by atoms with E-state index >= 15 is 0 Å². The van der Waals surface area contributed by atoms with Crippen LogP contribution in [0.1, 0.15) is 10.6 Å². The molecule has 0 N–H and O–H groups in total. The SMILES string of the molecule is Cc1nnsc1CBr. The molecular weight excluding hydrogens is 188 g/mol. The quantitative estimate of drug-likeness (QED) is 0.635. The second kappa shape index (κ2) is 2.55. The van der Waals surface area contributed by atoms with E-state index in [0.717, 1.165) is 11.0 Å². The van der Waals surface area contributed by atoms with E-state index in [0.29, 0.717) is 0 Å². The summed E-state index contributed by atoms with van der Waals surface area (Å²) < 4.78 is 3.75. The molecule has 1 aromatic heterocycles. The summed E-state index contributed by atoms with van der Waals surface area (Å²) in [5.74, 6) is 0. The Morgan fingerprint density at radius 1 is 1.75 bits per heavy atom. The Balaban J connectivity index is 2.92. The van der Waals surface area contributed by atoms with Gasteiger partial charge in [0.1, 0.15) is 0 Å². The van der Waals surface area contributed by atoms with E-state index in [2.05, 4.69) is 25.5 Å². The van der Waals surface area contributed by atoms with Crippen LogP contribution in [0.2, 0.25) is 0 Å². The lowest BCUT2D eigenvalue weighted by Gasteiger charge is -1.81. The van der Waals surface area contributed by atoms with Crippen molar-refractivity contribution in [3.05, 3.63) is 10.6 Å². The Hall–Kier alpha value is 0.0400. The van der Waals surface area contributed by atoms with Crippen molar-refractivity contribution in [2.24, 2.45) is 0 Å². The van der Waals surface area contributed by atoms with E-state index < -0.39 is 0 Å². The molecule has 0 aliphatic carbocycles. The number of halogens is 1. The molecule has 0 bridgehead atoms. The van der Waals surface area contributed by atoms with Crippen LogP contribution in [0.25, 0.3) is 0 Å². The van der Waals surface area contributed by atoms with E-state index in [1.165, 1.54) is 16.4 Å². The molecule has 0 amide bonds. The molecule has 0 unspecified atom stereocenters. The Morgan fingerprint density at radius 3 is 2.75 bits per heavy atom. The van der Waals surface area contributed by atoms with Gasteiger partial charge >= 0.3 is 0 Å². The first-order valence-corrected chi connectivity index (χ1v) is 4.08.